The molecule has 1 fully saturated rings. The fourth-order valence-corrected chi connectivity index (χ4v) is 2.38. The van der Waals surface area contributed by atoms with Crippen molar-refractivity contribution in [3.05, 3.63) is 30.1 Å². The van der Waals surface area contributed by atoms with Crippen LogP contribution in [0.25, 0.3) is 0 Å². The van der Waals surface area contributed by atoms with E-state index in [-0.39, 0.29) is 23.9 Å². The first-order valence-corrected chi connectivity index (χ1v) is 6.60. The first kappa shape index (κ1) is 14.3. The van der Waals surface area contributed by atoms with Crippen LogP contribution in [0.5, 0.6) is 0 Å². The van der Waals surface area contributed by atoms with Crippen molar-refractivity contribution in [3.63, 3.8) is 0 Å². The Labute approximate surface area is 116 Å². The van der Waals surface area contributed by atoms with Crippen LogP contribution < -0.4 is 11.1 Å². The summed E-state index contributed by atoms with van der Waals surface area (Å²) >= 11 is 0. The van der Waals surface area contributed by atoms with Crippen LogP contribution in [0.2, 0.25) is 0 Å². The van der Waals surface area contributed by atoms with Crippen molar-refractivity contribution in [3.8, 4) is 0 Å². The molecule has 0 aromatic heterocycles. The molecule has 0 aliphatic carbocycles. The number of nitrogens with zero attached hydrogens (tertiary/aromatic N) is 1. The van der Waals surface area contributed by atoms with Crippen LogP contribution >= 0.6 is 0 Å². The van der Waals surface area contributed by atoms with Crippen molar-refractivity contribution in [2.75, 3.05) is 11.9 Å². The van der Waals surface area contributed by atoms with E-state index in [0.29, 0.717) is 18.7 Å². The third kappa shape index (κ3) is 3.26. The molecule has 0 bridgehead atoms. The molecule has 0 radical (unpaired) electrons. The SMILES string of the molecule is C[C@@H]1CC[C@H](C(N)=O)CN1C(=O)Nc1cccc(F)c1. The fourth-order valence-electron chi connectivity index (χ4n) is 2.38. The number of urea groups is 1. The summed E-state index contributed by atoms with van der Waals surface area (Å²) in [4.78, 5) is 25.0. The van der Waals surface area contributed by atoms with Gasteiger partial charge in [-0.15, -0.1) is 0 Å². The lowest BCUT2D eigenvalue weighted by Crippen LogP contribution is -2.50. The Morgan fingerprint density at radius 1 is 1.40 bits per heavy atom. The Balaban J connectivity index is 2.05. The molecule has 0 spiro atoms. The van der Waals surface area contributed by atoms with E-state index >= 15 is 0 Å². The molecular weight excluding hydrogens is 261 g/mol. The van der Waals surface area contributed by atoms with E-state index in [9.17, 15) is 14.0 Å². The predicted octanol–water partition coefficient (Wildman–Crippen LogP) is 1.94. The first-order valence-electron chi connectivity index (χ1n) is 6.60. The molecule has 1 aliphatic heterocycles. The van der Waals surface area contributed by atoms with Gasteiger partial charge in [0.05, 0.1) is 5.92 Å². The highest BCUT2D eigenvalue weighted by molar-refractivity contribution is 5.90. The van der Waals surface area contributed by atoms with Gasteiger partial charge in [0.15, 0.2) is 0 Å². The van der Waals surface area contributed by atoms with Crippen LogP contribution in [0, 0.1) is 11.7 Å². The van der Waals surface area contributed by atoms with E-state index in [1.807, 2.05) is 6.92 Å². The summed E-state index contributed by atoms with van der Waals surface area (Å²) < 4.78 is 13.1. The van der Waals surface area contributed by atoms with Crippen LogP contribution in [0.3, 0.4) is 0 Å². The van der Waals surface area contributed by atoms with Gasteiger partial charge in [-0.3, -0.25) is 4.79 Å². The zero-order chi connectivity index (χ0) is 14.7. The summed E-state index contributed by atoms with van der Waals surface area (Å²) in [6.07, 6.45) is 1.42. The smallest absolute Gasteiger partial charge is 0.322 e. The molecule has 1 saturated heterocycles. The number of carbonyl (C=O) groups is 2. The van der Waals surface area contributed by atoms with Crippen molar-refractivity contribution < 1.29 is 14.0 Å². The monoisotopic (exact) mass is 279 g/mol. The Morgan fingerprint density at radius 3 is 2.80 bits per heavy atom. The number of primary amides is 1. The van der Waals surface area contributed by atoms with Crippen LogP contribution in [-0.4, -0.2) is 29.4 Å². The minimum atomic E-state index is -0.412. The highest BCUT2D eigenvalue weighted by atomic mass is 19.1. The lowest BCUT2D eigenvalue weighted by molar-refractivity contribution is -0.123. The first-order chi connectivity index (χ1) is 9.47. The maximum atomic E-state index is 13.1. The highest BCUT2D eigenvalue weighted by Crippen LogP contribution is 2.22. The topological polar surface area (TPSA) is 75.4 Å². The van der Waals surface area contributed by atoms with Gasteiger partial charge in [-0.25, -0.2) is 9.18 Å². The zero-order valence-corrected chi connectivity index (χ0v) is 11.3. The molecule has 6 heteroatoms. The second-order valence-electron chi connectivity index (χ2n) is 5.12. The summed E-state index contributed by atoms with van der Waals surface area (Å²) in [6.45, 7) is 2.22. The quantitative estimate of drug-likeness (QED) is 0.868. The van der Waals surface area contributed by atoms with Gasteiger partial charge in [-0.2, -0.15) is 0 Å². The second kappa shape index (κ2) is 5.90. The summed E-state index contributed by atoms with van der Waals surface area (Å²) in [6, 6.07) is 5.38. The van der Waals surface area contributed by atoms with Gasteiger partial charge in [0, 0.05) is 18.3 Å². The number of nitrogens with two attached hydrogens (primary N) is 1. The Morgan fingerprint density at radius 2 is 2.15 bits per heavy atom. The number of hydrogen-bond donors (Lipinski definition) is 2. The summed E-state index contributed by atoms with van der Waals surface area (Å²) in [5.74, 6) is -1.12. The average Bonchev–Trinajstić information content (AvgIpc) is 2.38. The van der Waals surface area contributed by atoms with Gasteiger partial charge >= 0.3 is 6.03 Å². The number of likely N-dealkylation sites (tertiary alicyclic amines) is 1. The zero-order valence-electron chi connectivity index (χ0n) is 11.3. The molecule has 3 N–H and O–H groups in total. The van der Waals surface area contributed by atoms with Gasteiger partial charge < -0.3 is 16.0 Å². The molecule has 1 aromatic carbocycles. The van der Waals surface area contributed by atoms with E-state index in [1.165, 1.54) is 18.2 Å². The molecule has 5 nitrogen and oxygen atoms in total. The van der Waals surface area contributed by atoms with Crippen molar-refractivity contribution in [1.82, 2.24) is 4.90 Å². The van der Waals surface area contributed by atoms with Gasteiger partial charge in [-0.1, -0.05) is 6.07 Å². The Bertz CT molecular complexity index is 521. The fraction of sp³-hybridized carbons (Fsp3) is 0.429. The molecule has 1 aromatic rings. The maximum absolute atomic E-state index is 13.1. The number of anilines is 1. The van der Waals surface area contributed by atoms with E-state index in [4.69, 9.17) is 5.73 Å². The van der Waals surface area contributed by atoms with E-state index in [1.54, 1.807) is 11.0 Å². The maximum Gasteiger partial charge on any atom is 0.322 e. The van der Waals surface area contributed by atoms with Crippen LogP contribution in [0.15, 0.2) is 24.3 Å². The number of rotatable bonds is 2. The van der Waals surface area contributed by atoms with Crippen molar-refractivity contribution >= 4 is 17.6 Å². The summed E-state index contributed by atoms with van der Waals surface area (Å²) in [7, 11) is 0. The average molecular weight is 279 g/mol. The molecule has 1 heterocycles. The van der Waals surface area contributed by atoms with Crippen LogP contribution in [0.4, 0.5) is 14.9 Å². The number of piperidine rings is 1. The third-order valence-electron chi connectivity index (χ3n) is 3.62. The number of benzene rings is 1. The van der Waals surface area contributed by atoms with E-state index < -0.39 is 5.82 Å². The largest absolute Gasteiger partial charge is 0.369 e. The molecule has 2 atom stereocenters. The standard InChI is InChI=1S/C14H18FN3O2/c1-9-5-6-10(13(16)19)8-18(9)14(20)17-12-4-2-3-11(15)7-12/h2-4,7,9-10H,5-6,8H2,1H3,(H2,16,19)(H,17,20)/t9-,10+/m1/s1. The lowest BCUT2D eigenvalue weighted by atomic mass is 9.93. The van der Waals surface area contributed by atoms with Crippen LogP contribution in [0.1, 0.15) is 19.8 Å². The molecule has 0 unspecified atom stereocenters. The minimum Gasteiger partial charge on any atom is -0.369 e. The number of nitrogens with one attached hydrogen (secondary N) is 1. The molecule has 3 amide bonds. The number of carbonyl (C=O) groups excluding carboxylic acids is 2. The molecule has 1 aliphatic rings. The summed E-state index contributed by atoms with van der Waals surface area (Å²) in [5, 5.41) is 2.64. The predicted molar refractivity (Wildman–Crippen MR) is 73.5 cm³/mol. The second-order valence-corrected chi connectivity index (χ2v) is 5.12. The van der Waals surface area contributed by atoms with Gasteiger partial charge in [0.1, 0.15) is 5.82 Å². The van der Waals surface area contributed by atoms with Crippen molar-refractivity contribution in [1.29, 1.82) is 0 Å². The third-order valence-corrected chi connectivity index (χ3v) is 3.62. The Hall–Kier alpha value is -2.11. The Kier molecular flexibility index (Phi) is 4.22. The number of hydrogen-bond acceptors (Lipinski definition) is 2. The summed E-state index contributed by atoms with van der Waals surface area (Å²) in [5.41, 5.74) is 5.69. The highest BCUT2D eigenvalue weighted by Gasteiger charge is 2.31. The van der Waals surface area contributed by atoms with Crippen molar-refractivity contribution in [2.24, 2.45) is 11.7 Å². The van der Waals surface area contributed by atoms with Gasteiger partial charge in [0.2, 0.25) is 5.91 Å². The van der Waals surface area contributed by atoms with Gasteiger partial charge in [-0.05, 0) is 38.0 Å². The lowest BCUT2D eigenvalue weighted by Gasteiger charge is -2.36. The molecule has 108 valence electrons. The molecule has 20 heavy (non-hydrogen) atoms. The number of halogens is 1. The normalized spacial score (nSPS) is 22.4. The molecular formula is C14H18FN3O2. The number of amides is 3. The molecule has 2 rings (SSSR count). The van der Waals surface area contributed by atoms with E-state index in [0.717, 1.165) is 6.42 Å². The van der Waals surface area contributed by atoms with Gasteiger partial charge in [0.25, 0.3) is 0 Å². The molecule has 0 saturated carbocycles. The van der Waals surface area contributed by atoms with Crippen molar-refractivity contribution in [2.45, 2.75) is 25.8 Å². The van der Waals surface area contributed by atoms with Crippen LogP contribution in [-0.2, 0) is 4.79 Å². The van der Waals surface area contributed by atoms with E-state index in [2.05, 4.69) is 5.32 Å². The minimum absolute atomic E-state index is 0.0270.